The van der Waals surface area contributed by atoms with Crippen LogP contribution in [0.4, 0.5) is 0 Å². The molecule has 0 aliphatic carbocycles. The molecule has 31 heavy (non-hydrogen) atoms. The maximum atomic E-state index is 11.2. The number of hydrogen-bond donors (Lipinski definition) is 3. The minimum atomic E-state index is -0.224. The summed E-state index contributed by atoms with van der Waals surface area (Å²) in [6, 6.07) is 16.0. The van der Waals surface area contributed by atoms with Crippen LogP contribution in [-0.4, -0.2) is 5.11 Å². The van der Waals surface area contributed by atoms with Gasteiger partial charge in [0.2, 0.25) is 0 Å². The fourth-order valence-corrected chi connectivity index (χ4v) is 4.25. The molecule has 3 heteroatoms. The lowest BCUT2D eigenvalue weighted by Crippen LogP contribution is -2.38. The van der Waals surface area contributed by atoms with Crippen LogP contribution in [0.5, 0.6) is 5.75 Å². The highest BCUT2D eigenvalue weighted by atomic mass is 16.3. The number of phenolic OH excluding ortho intramolecular Hbond substituents is 1. The fourth-order valence-electron chi connectivity index (χ4n) is 4.25. The molecule has 4 aromatic carbocycles. The third-order valence-corrected chi connectivity index (χ3v) is 6.10. The highest BCUT2D eigenvalue weighted by Gasteiger charge is 2.24. The normalized spacial score (nSPS) is 13.4. The lowest BCUT2D eigenvalue weighted by molar-refractivity contribution is 0.443. The Hall–Kier alpha value is -3.20. The average molecular weight is 411 g/mol. The van der Waals surface area contributed by atoms with Gasteiger partial charge in [-0.2, -0.15) is 0 Å². The summed E-state index contributed by atoms with van der Waals surface area (Å²) in [4.78, 5) is 0. The Kier molecular flexibility index (Phi) is 4.69. The first-order chi connectivity index (χ1) is 14.4. The van der Waals surface area contributed by atoms with Gasteiger partial charge in [0, 0.05) is 21.7 Å². The summed E-state index contributed by atoms with van der Waals surface area (Å²) in [6.07, 6.45) is 1.89. The zero-order chi connectivity index (χ0) is 22.7. The molecule has 0 radical (unpaired) electrons. The van der Waals surface area contributed by atoms with E-state index in [-0.39, 0.29) is 27.3 Å². The lowest BCUT2D eigenvalue weighted by atomic mass is 9.79. The van der Waals surface area contributed by atoms with Gasteiger partial charge in [0.05, 0.1) is 10.7 Å². The monoisotopic (exact) mass is 410 g/mol. The first kappa shape index (κ1) is 21.0. The molecule has 0 atom stereocenters. The van der Waals surface area contributed by atoms with Crippen molar-refractivity contribution in [2.75, 3.05) is 0 Å². The van der Waals surface area contributed by atoms with Crippen molar-refractivity contribution in [1.29, 1.82) is 10.8 Å². The summed E-state index contributed by atoms with van der Waals surface area (Å²) in [6.45, 7) is 12.8. The van der Waals surface area contributed by atoms with Crippen LogP contribution in [0, 0.1) is 10.8 Å². The number of nitrogens with one attached hydrogen (secondary N) is 2. The van der Waals surface area contributed by atoms with Crippen molar-refractivity contribution in [2.24, 2.45) is 0 Å². The highest BCUT2D eigenvalue weighted by molar-refractivity contribution is 6.10. The van der Waals surface area contributed by atoms with Crippen molar-refractivity contribution in [3.63, 3.8) is 0 Å². The van der Waals surface area contributed by atoms with Crippen LogP contribution in [0.1, 0.15) is 58.2 Å². The van der Waals surface area contributed by atoms with Gasteiger partial charge in [0.1, 0.15) is 5.75 Å². The van der Waals surface area contributed by atoms with Gasteiger partial charge in [-0.1, -0.05) is 84.0 Å². The van der Waals surface area contributed by atoms with Crippen molar-refractivity contribution < 1.29 is 5.11 Å². The molecule has 0 heterocycles. The van der Waals surface area contributed by atoms with Crippen LogP contribution >= 0.6 is 0 Å². The molecule has 0 fully saturated rings. The Morgan fingerprint density at radius 2 is 1.39 bits per heavy atom. The van der Waals surface area contributed by atoms with Crippen LogP contribution in [-0.2, 0) is 10.8 Å². The Morgan fingerprint density at radius 1 is 0.774 bits per heavy atom. The van der Waals surface area contributed by atoms with E-state index in [1.165, 1.54) is 0 Å². The summed E-state index contributed by atoms with van der Waals surface area (Å²) in [5.74, 6) is 0.248. The fraction of sp³-hybridized carbons (Fsp3) is 0.286. The molecule has 0 aromatic heterocycles. The standard InChI is InChI=1S/C28H30N2O/c1-27(2,3)18-13-17(26(31)22(15-18)28(4,5)6)14-21-19-11-7-9-16-10-8-12-20(23(16)19)24(29)25(21)30/h7-15,29-31H,1-6H3. The van der Waals surface area contributed by atoms with Crippen LogP contribution in [0.3, 0.4) is 0 Å². The van der Waals surface area contributed by atoms with E-state index in [9.17, 15) is 5.11 Å². The van der Waals surface area contributed by atoms with Crippen molar-refractivity contribution in [1.82, 2.24) is 0 Å². The van der Waals surface area contributed by atoms with E-state index in [0.717, 1.165) is 32.7 Å². The minimum Gasteiger partial charge on any atom is -0.507 e. The van der Waals surface area contributed by atoms with Gasteiger partial charge in [-0.3, -0.25) is 10.8 Å². The number of benzene rings is 4. The second kappa shape index (κ2) is 6.91. The Morgan fingerprint density at radius 3 is 1.97 bits per heavy atom. The number of aromatic hydroxyl groups is 1. The Labute approximate surface area is 183 Å². The summed E-state index contributed by atoms with van der Waals surface area (Å²) in [5, 5.41) is 33.4. The lowest BCUT2D eigenvalue weighted by Gasteiger charge is -2.27. The van der Waals surface area contributed by atoms with Gasteiger partial charge in [-0.05, 0) is 44.7 Å². The van der Waals surface area contributed by atoms with E-state index in [1.807, 2.05) is 48.5 Å². The molecule has 3 nitrogen and oxygen atoms in total. The maximum Gasteiger partial charge on any atom is 0.126 e. The smallest absolute Gasteiger partial charge is 0.126 e. The number of rotatable bonds is 1. The first-order valence-corrected chi connectivity index (χ1v) is 10.7. The quantitative estimate of drug-likeness (QED) is 0.395. The van der Waals surface area contributed by atoms with Crippen molar-refractivity contribution >= 4 is 27.6 Å². The molecule has 0 saturated heterocycles. The average Bonchev–Trinajstić information content (AvgIpc) is 2.68. The third-order valence-electron chi connectivity index (χ3n) is 6.10. The van der Waals surface area contributed by atoms with Gasteiger partial charge < -0.3 is 5.11 Å². The molecule has 0 amide bonds. The van der Waals surface area contributed by atoms with Gasteiger partial charge in [0.25, 0.3) is 0 Å². The molecule has 0 unspecified atom stereocenters. The SMILES string of the molecule is CC(C)(C)c1cc(C=c2c(=N)c(=N)c3cccc4cccc2c43)c(O)c(C(C)(C)C)c1. The first-order valence-electron chi connectivity index (χ1n) is 10.7. The molecule has 0 spiro atoms. The molecular formula is C28H30N2O. The van der Waals surface area contributed by atoms with E-state index in [2.05, 4.69) is 47.6 Å². The minimum absolute atomic E-state index is 0.0830. The third kappa shape index (κ3) is 3.48. The molecule has 4 aromatic rings. The van der Waals surface area contributed by atoms with Gasteiger partial charge in [0.15, 0.2) is 0 Å². The summed E-state index contributed by atoms with van der Waals surface area (Å²) < 4.78 is 0. The van der Waals surface area contributed by atoms with E-state index >= 15 is 0 Å². The summed E-state index contributed by atoms with van der Waals surface area (Å²) >= 11 is 0. The number of phenols is 1. The zero-order valence-electron chi connectivity index (χ0n) is 19.1. The molecular weight excluding hydrogens is 380 g/mol. The molecule has 3 N–H and O–H groups in total. The summed E-state index contributed by atoms with van der Waals surface area (Å²) in [7, 11) is 0. The molecule has 0 aliphatic heterocycles. The molecule has 0 aliphatic rings. The van der Waals surface area contributed by atoms with E-state index < -0.39 is 0 Å². The maximum absolute atomic E-state index is 11.2. The zero-order valence-corrected chi connectivity index (χ0v) is 19.1. The largest absolute Gasteiger partial charge is 0.507 e. The molecule has 158 valence electrons. The topological polar surface area (TPSA) is 67.9 Å². The number of hydrogen-bond acceptors (Lipinski definition) is 3. The highest BCUT2D eigenvalue weighted by Crippen LogP contribution is 2.38. The molecule has 0 saturated carbocycles. The molecule has 4 rings (SSSR count). The summed E-state index contributed by atoms with van der Waals surface area (Å²) in [5.41, 5.74) is 2.42. The van der Waals surface area contributed by atoms with E-state index in [1.54, 1.807) is 0 Å². The van der Waals surface area contributed by atoms with E-state index in [0.29, 0.717) is 10.8 Å². The second-order valence-electron chi connectivity index (χ2n) is 10.5. The Bertz CT molecular complexity index is 1480. The Balaban J connectivity index is 2.18. The van der Waals surface area contributed by atoms with Crippen molar-refractivity contribution in [3.05, 3.63) is 81.2 Å². The van der Waals surface area contributed by atoms with E-state index in [4.69, 9.17) is 10.8 Å². The van der Waals surface area contributed by atoms with Crippen LogP contribution in [0.15, 0.2) is 48.5 Å². The van der Waals surface area contributed by atoms with Crippen LogP contribution in [0.25, 0.3) is 27.6 Å². The van der Waals surface area contributed by atoms with Crippen molar-refractivity contribution in [2.45, 2.75) is 52.4 Å². The van der Waals surface area contributed by atoms with Gasteiger partial charge in [-0.15, -0.1) is 0 Å². The van der Waals surface area contributed by atoms with Crippen molar-refractivity contribution in [3.8, 4) is 5.75 Å². The predicted octanol–water partition coefficient (Wildman–Crippen LogP) is 5.24. The second-order valence-corrected chi connectivity index (χ2v) is 10.5. The van der Waals surface area contributed by atoms with Gasteiger partial charge in [-0.25, -0.2) is 0 Å². The molecule has 0 bridgehead atoms. The predicted molar refractivity (Wildman–Crippen MR) is 129 cm³/mol. The van der Waals surface area contributed by atoms with Crippen LogP contribution < -0.4 is 15.9 Å². The van der Waals surface area contributed by atoms with Gasteiger partial charge >= 0.3 is 0 Å². The van der Waals surface area contributed by atoms with Crippen LogP contribution in [0.2, 0.25) is 0 Å².